The Morgan fingerprint density at radius 1 is 1.19 bits per heavy atom. The molecule has 2 N–H and O–H groups in total. The highest BCUT2D eigenvalue weighted by molar-refractivity contribution is 8.00. The molecule has 1 aromatic rings. The second kappa shape index (κ2) is 9.41. The highest BCUT2D eigenvalue weighted by Gasteiger charge is 2.33. The van der Waals surface area contributed by atoms with E-state index < -0.39 is 15.7 Å². The van der Waals surface area contributed by atoms with Gasteiger partial charge in [-0.15, -0.1) is 11.8 Å². The Balaban J connectivity index is 2.02. The van der Waals surface area contributed by atoms with Gasteiger partial charge in [-0.25, -0.2) is 8.42 Å². The third kappa shape index (κ3) is 5.74. The molecule has 0 aromatic heterocycles. The fourth-order valence-corrected chi connectivity index (χ4v) is 5.65. The predicted molar refractivity (Wildman–Crippen MR) is 100 cm³/mol. The first-order valence-electron chi connectivity index (χ1n) is 8.74. The summed E-state index contributed by atoms with van der Waals surface area (Å²) in [7, 11) is -3.49. The topological polar surface area (TPSA) is 104 Å². The van der Waals surface area contributed by atoms with E-state index in [-0.39, 0.29) is 34.2 Å². The van der Waals surface area contributed by atoms with Crippen molar-refractivity contribution in [2.24, 2.45) is 17.6 Å². The fourth-order valence-electron chi connectivity index (χ4n) is 3.25. The zero-order valence-electron chi connectivity index (χ0n) is 14.8. The first-order valence-corrected chi connectivity index (χ1v) is 11.4. The van der Waals surface area contributed by atoms with E-state index in [0.717, 1.165) is 17.7 Å². The number of ether oxygens (including phenoxy) is 1. The van der Waals surface area contributed by atoms with Crippen molar-refractivity contribution in [1.29, 1.82) is 0 Å². The number of hydrogen-bond donors (Lipinski definition) is 1. The molecule has 1 saturated carbocycles. The predicted octanol–water partition coefficient (Wildman–Crippen LogP) is 2.41. The maximum absolute atomic E-state index is 12.7. The molecule has 1 aliphatic rings. The average Bonchev–Trinajstić information content (AvgIpc) is 2.60. The molecule has 0 radical (unpaired) electrons. The molecule has 6 nitrogen and oxygen atoms in total. The summed E-state index contributed by atoms with van der Waals surface area (Å²) in [6.07, 6.45) is 3.21. The van der Waals surface area contributed by atoms with Gasteiger partial charge in [0.25, 0.3) is 0 Å². The van der Waals surface area contributed by atoms with E-state index in [9.17, 15) is 18.0 Å². The average molecular weight is 400 g/mol. The molecular formula is C18H25NO5S2. The van der Waals surface area contributed by atoms with Crippen LogP contribution >= 0.6 is 11.8 Å². The van der Waals surface area contributed by atoms with Crippen LogP contribution in [-0.4, -0.2) is 38.4 Å². The van der Waals surface area contributed by atoms with Crippen LogP contribution in [0.15, 0.2) is 34.1 Å². The maximum atomic E-state index is 12.7. The number of hydrogen-bond acceptors (Lipinski definition) is 6. The van der Waals surface area contributed by atoms with Gasteiger partial charge in [0.2, 0.25) is 5.91 Å². The molecule has 0 saturated heterocycles. The van der Waals surface area contributed by atoms with Crippen LogP contribution in [0.25, 0.3) is 0 Å². The highest BCUT2D eigenvalue weighted by atomic mass is 32.2. The molecule has 0 aliphatic heterocycles. The van der Waals surface area contributed by atoms with Gasteiger partial charge in [-0.2, -0.15) is 0 Å². The summed E-state index contributed by atoms with van der Waals surface area (Å²) in [5, 5.41) is 0. The van der Waals surface area contributed by atoms with Gasteiger partial charge in [-0.05, 0) is 49.9 Å². The molecule has 0 spiro atoms. The zero-order chi connectivity index (χ0) is 19.2. The maximum Gasteiger partial charge on any atom is 0.316 e. The summed E-state index contributed by atoms with van der Waals surface area (Å²) >= 11 is 1.30. The summed E-state index contributed by atoms with van der Waals surface area (Å²) in [4.78, 5) is 24.0. The molecular weight excluding hydrogens is 374 g/mol. The standard InChI is InChI=1S/C18H25NO5S2/c1-2-24-17(20)11-25-14-7-9-15(10-8-14)26(22,23)12-13-5-3-4-6-16(13)18(19)21/h7-10,13,16H,2-6,11-12H2,1H3,(H2,19,21). The smallest absolute Gasteiger partial charge is 0.316 e. The first-order chi connectivity index (χ1) is 12.3. The van der Waals surface area contributed by atoms with Gasteiger partial charge in [-0.1, -0.05) is 12.8 Å². The van der Waals surface area contributed by atoms with Crippen LogP contribution in [0, 0.1) is 11.8 Å². The quantitative estimate of drug-likeness (QED) is 0.532. The number of carbonyl (C=O) groups excluding carboxylic acids is 2. The third-order valence-corrected chi connectivity index (χ3v) is 7.40. The van der Waals surface area contributed by atoms with Crippen molar-refractivity contribution < 1.29 is 22.7 Å². The number of rotatable bonds is 8. The van der Waals surface area contributed by atoms with E-state index in [1.54, 1.807) is 31.2 Å². The van der Waals surface area contributed by atoms with Gasteiger partial charge in [0.05, 0.1) is 23.0 Å². The van der Waals surface area contributed by atoms with Gasteiger partial charge in [0.1, 0.15) is 0 Å². The number of esters is 1. The SMILES string of the molecule is CCOC(=O)CSc1ccc(S(=O)(=O)CC2CCCCC2C(N)=O)cc1. The van der Waals surface area contributed by atoms with Crippen molar-refractivity contribution in [3.63, 3.8) is 0 Å². The Morgan fingerprint density at radius 2 is 1.85 bits per heavy atom. The van der Waals surface area contributed by atoms with E-state index in [0.29, 0.717) is 19.4 Å². The van der Waals surface area contributed by atoms with Gasteiger partial charge < -0.3 is 10.5 Å². The Bertz CT molecular complexity index is 730. The van der Waals surface area contributed by atoms with Gasteiger partial charge in [-0.3, -0.25) is 9.59 Å². The summed E-state index contributed by atoms with van der Waals surface area (Å²) in [6.45, 7) is 2.08. The van der Waals surface area contributed by atoms with Gasteiger partial charge in [0, 0.05) is 10.8 Å². The number of nitrogens with two attached hydrogens (primary N) is 1. The Hall–Kier alpha value is -1.54. The van der Waals surface area contributed by atoms with Crippen LogP contribution < -0.4 is 5.73 Å². The van der Waals surface area contributed by atoms with Crippen molar-refractivity contribution >= 4 is 33.5 Å². The molecule has 26 heavy (non-hydrogen) atoms. The first kappa shape index (κ1) is 20.8. The molecule has 1 amide bonds. The molecule has 1 aromatic carbocycles. The number of thioether (sulfide) groups is 1. The second-order valence-electron chi connectivity index (χ2n) is 6.40. The minimum atomic E-state index is -3.49. The number of benzene rings is 1. The van der Waals surface area contributed by atoms with E-state index in [4.69, 9.17) is 10.5 Å². The van der Waals surface area contributed by atoms with Crippen LogP contribution in [0.5, 0.6) is 0 Å². The Morgan fingerprint density at radius 3 is 2.46 bits per heavy atom. The van der Waals surface area contributed by atoms with E-state index in [2.05, 4.69) is 0 Å². The minimum absolute atomic E-state index is 0.0596. The van der Waals surface area contributed by atoms with Crippen molar-refractivity contribution in [3.8, 4) is 0 Å². The number of amides is 1. The van der Waals surface area contributed by atoms with E-state index >= 15 is 0 Å². The Labute approximate surface area is 158 Å². The molecule has 2 unspecified atom stereocenters. The molecule has 8 heteroatoms. The highest BCUT2D eigenvalue weighted by Crippen LogP contribution is 2.32. The normalized spacial score (nSPS) is 20.5. The third-order valence-electron chi connectivity index (χ3n) is 4.55. The molecule has 144 valence electrons. The molecule has 0 heterocycles. The van der Waals surface area contributed by atoms with Crippen LogP contribution in [0.3, 0.4) is 0 Å². The second-order valence-corrected chi connectivity index (χ2v) is 9.48. The zero-order valence-corrected chi connectivity index (χ0v) is 16.5. The number of primary amides is 1. The number of sulfone groups is 1. The van der Waals surface area contributed by atoms with E-state index in [1.165, 1.54) is 11.8 Å². The molecule has 0 bridgehead atoms. The minimum Gasteiger partial charge on any atom is -0.465 e. The molecule has 1 fully saturated rings. The molecule has 2 atom stereocenters. The summed E-state index contributed by atoms with van der Waals surface area (Å²) in [5.74, 6) is -1.17. The van der Waals surface area contributed by atoms with Crippen molar-refractivity contribution in [3.05, 3.63) is 24.3 Å². The van der Waals surface area contributed by atoms with Crippen LogP contribution in [0.2, 0.25) is 0 Å². The fraction of sp³-hybridized carbons (Fsp3) is 0.556. The Kier molecular flexibility index (Phi) is 7.52. The van der Waals surface area contributed by atoms with E-state index in [1.807, 2.05) is 0 Å². The van der Waals surface area contributed by atoms with Crippen LogP contribution in [0.1, 0.15) is 32.6 Å². The van der Waals surface area contributed by atoms with Crippen LogP contribution in [0.4, 0.5) is 0 Å². The van der Waals surface area contributed by atoms with Gasteiger partial charge >= 0.3 is 5.97 Å². The molecule has 1 aliphatic carbocycles. The summed E-state index contributed by atoms with van der Waals surface area (Å²) in [5.41, 5.74) is 5.44. The van der Waals surface area contributed by atoms with Crippen molar-refractivity contribution in [1.82, 2.24) is 0 Å². The van der Waals surface area contributed by atoms with Crippen LogP contribution in [-0.2, 0) is 24.2 Å². The lowest BCUT2D eigenvalue weighted by Crippen LogP contribution is -2.36. The lowest BCUT2D eigenvalue weighted by atomic mass is 9.80. The number of carbonyl (C=O) groups is 2. The summed E-state index contributed by atoms with van der Waals surface area (Å²) < 4.78 is 30.3. The van der Waals surface area contributed by atoms with Crippen molar-refractivity contribution in [2.75, 3.05) is 18.1 Å². The monoisotopic (exact) mass is 399 g/mol. The lowest BCUT2D eigenvalue weighted by molar-refractivity contribution is -0.139. The summed E-state index contributed by atoms with van der Waals surface area (Å²) in [6, 6.07) is 6.46. The van der Waals surface area contributed by atoms with Gasteiger partial charge in [0.15, 0.2) is 9.84 Å². The lowest BCUT2D eigenvalue weighted by Gasteiger charge is -2.28. The molecule has 2 rings (SSSR count). The largest absolute Gasteiger partial charge is 0.465 e. The van der Waals surface area contributed by atoms with Crippen molar-refractivity contribution in [2.45, 2.75) is 42.4 Å².